The second-order valence-corrected chi connectivity index (χ2v) is 6.82. The number of hydrogen-bond acceptors (Lipinski definition) is 4. The van der Waals surface area contributed by atoms with E-state index in [-0.39, 0.29) is 17.9 Å². The Labute approximate surface area is 142 Å². The van der Waals surface area contributed by atoms with Crippen LogP contribution in [0.4, 0.5) is 0 Å². The van der Waals surface area contributed by atoms with E-state index in [1.807, 2.05) is 50.3 Å². The summed E-state index contributed by atoms with van der Waals surface area (Å²) in [6, 6.07) is 2.19. The molecule has 1 saturated heterocycles. The summed E-state index contributed by atoms with van der Waals surface area (Å²) in [5.74, 6) is 3.38. The Hall–Kier alpha value is -2.11. The third-order valence-electron chi connectivity index (χ3n) is 4.88. The van der Waals surface area contributed by atoms with Crippen LogP contribution in [0.5, 0.6) is 0 Å². The average Bonchev–Trinajstić information content (AvgIpc) is 3.06. The number of amides is 1. The molecule has 24 heavy (non-hydrogen) atoms. The van der Waals surface area contributed by atoms with Crippen LogP contribution in [0.1, 0.15) is 60.5 Å². The minimum atomic E-state index is -0.181. The minimum Gasteiger partial charge on any atom is -0.466 e. The van der Waals surface area contributed by atoms with Crippen LogP contribution in [-0.2, 0) is 4.79 Å². The van der Waals surface area contributed by atoms with E-state index in [9.17, 15) is 4.79 Å². The molecule has 1 amide bonds. The molecular formula is C18H26N4O2. The maximum atomic E-state index is 13.0. The van der Waals surface area contributed by atoms with Crippen molar-refractivity contribution in [1.29, 1.82) is 0 Å². The van der Waals surface area contributed by atoms with Gasteiger partial charge in [-0.1, -0.05) is 0 Å². The normalized spacial score (nSPS) is 19.5. The van der Waals surface area contributed by atoms with Gasteiger partial charge in [0.25, 0.3) is 0 Å². The molecule has 0 unspecified atom stereocenters. The zero-order chi connectivity index (χ0) is 17.4. The molecule has 0 N–H and O–H groups in total. The van der Waals surface area contributed by atoms with Gasteiger partial charge in [-0.3, -0.25) is 4.79 Å². The van der Waals surface area contributed by atoms with Crippen molar-refractivity contribution in [1.82, 2.24) is 19.7 Å². The number of aryl methyl sites for hydroxylation is 4. The Balaban J connectivity index is 1.75. The number of hydrogen-bond donors (Lipinski definition) is 0. The van der Waals surface area contributed by atoms with Crippen LogP contribution >= 0.6 is 0 Å². The van der Waals surface area contributed by atoms with Gasteiger partial charge in [0.1, 0.15) is 23.2 Å². The third-order valence-corrected chi connectivity index (χ3v) is 4.88. The fourth-order valence-corrected chi connectivity index (χ4v) is 3.72. The molecule has 2 aromatic rings. The quantitative estimate of drug-likeness (QED) is 0.867. The van der Waals surface area contributed by atoms with Gasteiger partial charge in [0.05, 0.1) is 12.0 Å². The van der Waals surface area contributed by atoms with E-state index in [4.69, 9.17) is 4.42 Å². The summed E-state index contributed by atoms with van der Waals surface area (Å²) in [7, 11) is 0. The smallest absolute Gasteiger partial charge is 0.230 e. The largest absolute Gasteiger partial charge is 0.466 e. The predicted molar refractivity (Wildman–Crippen MR) is 90.9 cm³/mol. The standard InChI is InChI=1S/C18H26N4O2/c1-11-9-17(13(3)24-11)12(2)18(23)21-8-6-7-16(10-21)22-15(5)19-14(4)20-22/h9,12,16H,6-8,10H2,1-5H3/t12-,16+/m1/s1. The number of rotatable bonds is 3. The number of piperidine rings is 1. The maximum absolute atomic E-state index is 13.0. The molecule has 2 aromatic heterocycles. The van der Waals surface area contributed by atoms with Crippen molar-refractivity contribution in [2.24, 2.45) is 0 Å². The van der Waals surface area contributed by atoms with Crippen LogP contribution < -0.4 is 0 Å². The Bertz CT molecular complexity index is 746. The third kappa shape index (κ3) is 3.09. The number of carbonyl (C=O) groups is 1. The molecule has 1 aliphatic heterocycles. The van der Waals surface area contributed by atoms with Crippen molar-refractivity contribution >= 4 is 5.91 Å². The van der Waals surface area contributed by atoms with Crippen LogP contribution in [0.25, 0.3) is 0 Å². The molecule has 0 radical (unpaired) electrons. The molecule has 0 aromatic carbocycles. The first kappa shape index (κ1) is 16.7. The Morgan fingerprint density at radius 3 is 2.67 bits per heavy atom. The highest BCUT2D eigenvalue weighted by molar-refractivity contribution is 5.83. The molecule has 6 nitrogen and oxygen atoms in total. The summed E-state index contributed by atoms with van der Waals surface area (Å²) in [6.07, 6.45) is 2.02. The lowest BCUT2D eigenvalue weighted by molar-refractivity contribution is -0.134. The molecule has 0 aliphatic carbocycles. The molecule has 0 bridgehead atoms. The van der Waals surface area contributed by atoms with Gasteiger partial charge in [-0.05, 0) is 53.5 Å². The van der Waals surface area contributed by atoms with Gasteiger partial charge < -0.3 is 9.32 Å². The van der Waals surface area contributed by atoms with Gasteiger partial charge in [0.2, 0.25) is 5.91 Å². The van der Waals surface area contributed by atoms with Crippen molar-refractivity contribution in [2.45, 2.75) is 59.4 Å². The van der Waals surface area contributed by atoms with Crippen LogP contribution in [0, 0.1) is 27.7 Å². The number of aromatic nitrogens is 3. The lowest BCUT2D eigenvalue weighted by atomic mass is 9.97. The SMILES string of the molecule is Cc1nc(C)n([C@H]2CCCN(C(=O)[C@H](C)c3cc(C)oc3C)C2)n1. The van der Waals surface area contributed by atoms with E-state index in [1.165, 1.54) is 0 Å². The Kier molecular flexibility index (Phi) is 4.47. The number of furan rings is 1. The van der Waals surface area contributed by atoms with E-state index < -0.39 is 0 Å². The Morgan fingerprint density at radius 2 is 2.08 bits per heavy atom. The van der Waals surface area contributed by atoms with Crippen molar-refractivity contribution < 1.29 is 9.21 Å². The van der Waals surface area contributed by atoms with Crippen molar-refractivity contribution in [3.05, 3.63) is 34.8 Å². The molecular weight excluding hydrogens is 304 g/mol. The molecule has 0 spiro atoms. The molecule has 130 valence electrons. The van der Waals surface area contributed by atoms with Gasteiger partial charge in [0, 0.05) is 18.7 Å². The fourth-order valence-electron chi connectivity index (χ4n) is 3.72. The van der Waals surface area contributed by atoms with Crippen molar-refractivity contribution in [3.63, 3.8) is 0 Å². The first-order valence-corrected chi connectivity index (χ1v) is 8.62. The van der Waals surface area contributed by atoms with Gasteiger partial charge >= 0.3 is 0 Å². The molecule has 1 aliphatic rings. The predicted octanol–water partition coefficient (Wildman–Crippen LogP) is 3.07. The van der Waals surface area contributed by atoms with Crippen LogP contribution in [-0.4, -0.2) is 38.7 Å². The first-order chi connectivity index (χ1) is 11.4. The van der Waals surface area contributed by atoms with Crippen molar-refractivity contribution in [2.75, 3.05) is 13.1 Å². The van der Waals surface area contributed by atoms with E-state index in [0.29, 0.717) is 6.54 Å². The molecule has 0 saturated carbocycles. The van der Waals surface area contributed by atoms with E-state index in [1.54, 1.807) is 0 Å². The summed E-state index contributed by atoms with van der Waals surface area (Å²) in [6.45, 7) is 11.2. The first-order valence-electron chi connectivity index (χ1n) is 8.62. The molecule has 1 fully saturated rings. The number of nitrogens with zero attached hydrogens (tertiary/aromatic N) is 4. The highest BCUT2D eigenvalue weighted by Crippen LogP contribution is 2.28. The number of likely N-dealkylation sites (tertiary alicyclic amines) is 1. The summed E-state index contributed by atoms with van der Waals surface area (Å²) in [5.41, 5.74) is 0.993. The van der Waals surface area contributed by atoms with E-state index in [0.717, 1.165) is 48.1 Å². The summed E-state index contributed by atoms with van der Waals surface area (Å²) < 4.78 is 7.57. The van der Waals surface area contributed by atoms with Gasteiger partial charge in [0.15, 0.2) is 0 Å². The monoisotopic (exact) mass is 330 g/mol. The summed E-state index contributed by atoms with van der Waals surface area (Å²) >= 11 is 0. The molecule has 2 atom stereocenters. The maximum Gasteiger partial charge on any atom is 0.230 e. The van der Waals surface area contributed by atoms with Crippen LogP contribution in [0.2, 0.25) is 0 Å². The van der Waals surface area contributed by atoms with E-state index >= 15 is 0 Å². The average molecular weight is 330 g/mol. The Morgan fingerprint density at radius 1 is 1.33 bits per heavy atom. The van der Waals surface area contributed by atoms with Crippen LogP contribution in [0.3, 0.4) is 0 Å². The zero-order valence-corrected chi connectivity index (χ0v) is 15.2. The highest BCUT2D eigenvalue weighted by atomic mass is 16.3. The zero-order valence-electron chi connectivity index (χ0n) is 15.2. The minimum absolute atomic E-state index is 0.165. The van der Waals surface area contributed by atoms with Gasteiger partial charge in [-0.15, -0.1) is 0 Å². The van der Waals surface area contributed by atoms with E-state index in [2.05, 4.69) is 10.1 Å². The topological polar surface area (TPSA) is 64.2 Å². The van der Waals surface area contributed by atoms with Crippen LogP contribution in [0.15, 0.2) is 10.5 Å². The molecule has 6 heteroatoms. The lowest BCUT2D eigenvalue weighted by Gasteiger charge is -2.34. The summed E-state index contributed by atoms with van der Waals surface area (Å²) in [4.78, 5) is 19.3. The van der Waals surface area contributed by atoms with Crippen molar-refractivity contribution in [3.8, 4) is 0 Å². The number of carbonyl (C=O) groups excluding carboxylic acids is 1. The summed E-state index contributed by atoms with van der Waals surface area (Å²) in [5, 5.41) is 4.50. The highest BCUT2D eigenvalue weighted by Gasteiger charge is 2.30. The fraction of sp³-hybridized carbons (Fsp3) is 0.611. The lowest BCUT2D eigenvalue weighted by Crippen LogP contribution is -2.43. The molecule has 3 rings (SSSR count). The molecule has 3 heterocycles. The van der Waals surface area contributed by atoms with Gasteiger partial charge in [-0.2, -0.15) is 5.10 Å². The second-order valence-electron chi connectivity index (χ2n) is 6.82. The second kappa shape index (κ2) is 6.42. The van der Waals surface area contributed by atoms with Gasteiger partial charge in [-0.25, -0.2) is 9.67 Å².